The number of sulfonamides is 1. The molecule has 0 unspecified atom stereocenters. The number of hydrogen-bond donors (Lipinski definition) is 2. The zero-order valence-corrected chi connectivity index (χ0v) is 21.1. The van der Waals surface area contributed by atoms with E-state index in [1.54, 1.807) is 62.9 Å². The van der Waals surface area contributed by atoms with Gasteiger partial charge in [-0.2, -0.15) is 0 Å². The molecule has 4 rings (SSSR count). The van der Waals surface area contributed by atoms with Gasteiger partial charge in [0.2, 0.25) is 10.0 Å². The molecule has 0 aliphatic carbocycles. The smallest absolute Gasteiger partial charge is 0.258 e. The van der Waals surface area contributed by atoms with Gasteiger partial charge in [-0.25, -0.2) is 13.1 Å². The molecule has 8 heteroatoms. The van der Waals surface area contributed by atoms with E-state index >= 15 is 0 Å². The van der Waals surface area contributed by atoms with Crippen molar-refractivity contribution in [3.8, 4) is 0 Å². The molecule has 1 aliphatic rings. The standard InChI is InChI=1S/C27H29N3O4S/c1-18-9-14-22(35(33,34)29-27(2,3)4)17-23(18)25(31)28-21-12-10-20(11-13-21)26(32)30-16-15-19-7-5-6-8-24(19)30/h5-14,17,29H,15-16H2,1-4H3,(H,28,31). The molecule has 0 saturated heterocycles. The van der Waals surface area contributed by atoms with Crippen molar-refractivity contribution in [1.29, 1.82) is 0 Å². The fourth-order valence-electron chi connectivity index (χ4n) is 4.07. The lowest BCUT2D eigenvalue weighted by Crippen LogP contribution is -2.40. The second kappa shape index (κ2) is 9.28. The van der Waals surface area contributed by atoms with Crippen LogP contribution < -0.4 is 14.9 Å². The second-order valence-electron chi connectivity index (χ2n) is 9.70. The van der Waals surface area contributed by atoms with Crippen molar-refractivity contribution >= 4 is 33.2 Å². The number of carbonyl (C=O) groups is 2. The van der Waals surface area contributed by atoms with Crippen LogP contribution in [0.25, 0.3) is 0 Å². The van der Waals surface area contributed by atoms with E-state index in [4.69, 9.17) is 0 Å². The van der Waals surface area contributed by atoms with Gasteiger partial charge in [0.05, 0.1) is 4.90 Å². The number of nitrogens with one attached hydrogen (secondary N) is 2. The first kappa shape index (κ1) is 24.6. The van der Waals surface area contributed by atoms with E-state index in [0.717, 1.165) is 17.7 Å². The first-order valence-electron chi connectivity index (χ1n) is 11.4. The minimum Gasteiger partial charge on any atom is -0.322 e. The monoisotopic (exact) mass is 491 g/mol. The van der Waals surface area contributed by atoms with Gasteiger partial charge in [0, 0.05) is 34.6 Å². The van der Waals surface area contributed by atoms with E-state index in [0.29, 0.717) is 23.4 Å². The predicted octanol–water partition coefficient (Wildman–Crippen LogP) is 4.53. The number of hydrogen-bond acceptors (Lipinski definition) is 4. The van der Waals surface area contributed by atoms with Gasteiger partial charge in [0.25, 0.3) is 11.8 Å². The Morgan fingerprint density at radius 3 is 2.31 bits per heavy atom. The summed E-state index contributed by atoms with van der Waals surface area (Å²) in [5.74, 6) is -0.518. The van der Waals surface area contributed by atoms with Crippen LogP contribution >= 0.6 is 0 Å². The number of benzene rings is 3. The van der Waals surface area contributed by atoms with Gasteiger partial charge in [-0.1, -0.05) is 24.3 Å². The number of amides is 2. The first-order valence-corrected chi connectivity index (χ1v) is 12.9. The minimum absolute atomic E-state index is 0.0232. The highest BCUT2D eigenvalue weighted by Gasteiger charge is 2.26. The summed E-state index contributed by atoms with van der Waals surface area (Å²) >= 11 is 0. The molecule has 2 amide bonds. The largest absolute Gasteiger partial charge is 0.322 e. The summed E-state index contributed by atoms with van der Waals surface area (Å²) in [6.07, 6.45) is 0.829. The quantitative estimate of drug-likeness (QED) is 0.548. The van der Waals surface area contributed by atoms with Crippen molar-refractivity contribution in [3.63, 3.8) is 0 Å². The van der Waals surface area contributed by atoms with Crippen LogP contribution in [0.5, 0.6) is 0 Å². The second-order valence-corrected chi connectivity index (χ2v) is 11.4. The molecule has 1 aliphatic heterocycles. The fourth-order valence-corrected chi connectivity index (χ4v) is 5.52. The molecule has 182 valence electrons. The fraction of sp³-hybridized carbons (Fsp3) is 0.259. The molecule has 0 saturated carbocycles. The molecule has 3 aromatic carbocycles. The molecule has 7 nitrogen and oxygen atoms in total. The van der Waals surface area contributed by atoms with Gasteiger partial charge in [-0.15, -0.1) is 0 Å². The lowest BCUT2D eigenvalue weighted by Gasteiger charge is -2.20. The van der Waals surface area contributed by atoms with Crippen molar-refractivity contribution < 1.29 is 18.0 Å². The van der Waals surface area contributed by atoms with Gasteiger partial charge < -0.3 is 10.2 Å². The maximum absolute atomic E-state index is 13.0. The molecule has 0 radical (unpaired) electrons. The topological polar surface area (TPSA) is 95.6 Å². The number of fused-ring (bicyclic) bond motifs is 1. The van der Waals surface area contributed by atoms with Gasteiger partial charge in [-0.05, 0) is 87.7 Å². The molecule has 0 fully saturated rings. The zero-order chi connectivity index (χ0) is 25.4. The lowest BCUT2D eigenvalue weighted by atomic mass is 10.1. The summed E-state index contributed by atoms with van der Waals surface area (Å²) in [6, 6.07) is 19.0. The summed E-state index contributed by atoms with van der Waals surface area (Å²) in [4.78, 5) is 27.8. The number of rotatable bonds is 5. The zero-order valence-electron chi connectivity index (χ0n) is 20.3. The Bertz CT molecular complexity index is 1390. The molecule has 35 heavy (non-hydrogen) atoms. The number of aryl methyl sites for hydroxylation is 1. The van der Waals surface area contributed by atoms with Gasteiger partial charge in [0.1, 0.15) is 0 Å². The molecule has 0 atom stereocenters. The summed E-state index contributed by atoms with van der Waals surface area (Å²) in [5, 5.41) is 2.80. The van der Waals surface area contributed by atoms with Crippen LogP contribution in [0.4, 0.5) is 11.4 Å². The molecule has 3 aromatic rings. The summed E-state index contributed by atoms with van der Waals surface area (Å²) < 4.78 is 28.0. The van der Waals surface area contributed by atoms with Gasteiger partial charge >= 0.3 is 0 Å². The Balaban J connectivity index is 1.50. The highest BCUT2D eigenvalue weighted by Crippen LogP contribution is 2.29. The summed E-state index contributed by atoms with van der Waals surface area (Å²) in [6.45, 7) is 7.65. The van der Waals surface area contributed by atoms with E-state index < -0.39 is 21.5 Å². The molecular weight excluding hydrogens is 462 g/mol. The van der Waals surface area contributed by atoms with Gasteiger partial charge in [-0.3, -0.25) is 9.59 Å². The Kier molecular flexibility index (Phi) is 6.53. The van der Waals surface area contributed by atoms with Crippen molar-refractivity contribution in [3.05, 3.63) is 89.0 Å². The first-order chi connectivity index (χ1) is 16.4. The number of para-hydroxylation sites is 1. The minimum atomic E-state index is -3.78. The van der Waals surface area contributed by atoms with E-state index in [9.17, 15) is 18.0 Å². The molecule has 2 N–H and O–H groups in total. The van der Waals surface area contributed by atoms with E-state index in [1.165, 1.54) is 12.1 Å². The highest BCUT2D eigenvalue weighted by atomic mass is 32.2. The van der Waals surface area contributed by atoms with E-state index in [2.05, 4.69) is 10.0 Å². The predicted molar refractivity (Wildman–Crippen MR) is 137 cm³/mol. The maximum atomic E-state index is 13.0. The summed E-state index contributed by atoms with van der Waals surface area (Å²) in [5.41, 5.74) is 3.38. The van der Waals surface area contributed by atoms with Crippen LogP contribution in [-0.2, 0) is 16.4 Å². The summed E-state index contributed by atoms with van der Waals surface area (Å²) in [7, 11) is -3.78. The molecule has 1 heterocycles. The van der Waals surface area contributed by atoms with Crippen molar-refractivity contribution in [2.45, 2.75) is 44.6 Å². The van der Waals surface area contributed by atoms with Crippen LogP contribution in [0.15, 0.2) is 71.6 Å². The third-order valence-corrected chi connectivity index (χ3v) is 7.48. The lowest BCUT2D eigenvalue weighted by molar-refractivity contribution is 0.0988. The number of anilines is 2. The molecule has 0 spiro atoms. The average molecular weight is 492 g/mol. The Labute approximate surface area is 206 Å². The van der Waals surface area contributed by atoms with Crippen LogP contribution in [0.3, 0.4) is 0 Å². The Hall–Kier alpha value is -3.49. The van der Waals surface area contributed by atoms with Crippen LogP contribution in [0.2, 0.25) is 0 Å². The SMILES string of the molecule is Cc1ccc(S(=O)(=O)NC(C)(C)C)cc1C(=O)Nc1ccc(C(=O)N2CCc3ccccc32)cc1. The molecule has 0 aromatic heterocycles. The average Bonchev–Trinajstić information content (AvgIpc) is 3.22. The Morgan fingerprint density at radius 2 is 1.63 bits per heavy atom. The van der Waals surface area contributed by atoms with Crippen molar-refractivity contribution in [2.75, 3.05) is 16.8 Å². The normalized spacial score (nSPS) is 13.4. The molecule has 0 bridgehead atoms. The third-order valence-electron chi connectivity index (χ3n) is 5.73. The Morgan fingerprint density at radius 1 is 0.943 bits per heavy atom. The number of nitrogens with zero attached hydrogens (tertiary/aromatic N) is 1. The maximum Gasteiger partial charge on any atom is 0.258 e. The van der Waals surface area contributed by atoms with Crippen molar-refractivity contribution in [2.24, 2.45) is 0 Å². The van der Waals surface area contributed by atoms with E-state index in [-0.39, 0.29) is 16.4 Å². The molecular formula is C27H29N3O4S. The van der Waals surface area contributed by atoms with Crippen LogP contribution in [0.1, 0.15) is 52.6 Å². The van der Waals surface area contributed by atoms with Crippen molar-refractivity contribution in [1.82, 2.24) is 4.72 Å². The third kappa shape index (κ3) is 5.44. The van der Waals surface area contributed by atoms with Gasteiger partial charge in [0.15, 0.2) is 0 Å². The number of carbonyl (C=O) groups excluding carboxylic acids is 2. The van der Waals surface area contributed by atoms with Crippen LogP contribution in [0, 0.1) is 6.92 Å². The highest BCUT2D eigenvalue weighted by molar-refractivity contribution is 7.89. The van der Waals surface area contributed by atoms with E-state index in [1.807, 2.05) is 24.3 Å². The van der Waals surface area contributed by atoms with Crippen LogP contribution in [-0.4, -0.2) is 32.3 Å².